The summed E-state index contributed by atoms with van der Waals surface area (Å²) in [6.45, 7) is 8.54. The molecule has 3 N–H and O–H groups in total. The molecule has 0 saturated carbocycles. The molecule has 1 saturated heterocycles. The molecule has 0 unspecified atom stereocenters. The third-order valence-electron chi connectivity index (χ3n) is 8.01. The lowest BCUT2D eigenvalue weighted by molar-refractivity contribution is 0.0336. The van der Waals surface area contributed by atoms with Gasteiger partial charge in [-0.15, -0.1) is 0 Å². The smallest absolute Gasteiger partial charge is 0.323 e. The van der Waals surface area contributed by atoms with E-state index in [1.165, 1.54) is 0 Å². The van der Waals surface area contributed by atoms with Crippen molar-refractivity contribution in [2.24, 2.45) is 0 Å². The number of nitrogens with zero attached hydrogens (tertiary/aromatic N) is 2. The summed E-state index contributed by atoms with van der Waals surface area (Å²) < 4.78 is 17.2. The van der Waals surface area contributed by atoms with Crippen LogP contribution in [0.2, 0.25) is 0 Å². The SMILES string of the molecule is CCOc1cc(NC(=O)c2ccccc2)c(OCC)cc1NC(=O)Nc1ccc(-c2ccc(CN3CCOCC3)nc2)c2ccccc12. The predicted octanol–water partition coefficient (Wildman–Crippen LogP) is 7.43. The number of nitrogens with one attached hydrogen (secondary N) is 3. The third kappa shape index (κ3) is 7.74. The lowest BCUT2D eigenvalue weighted by atomic mass is 9.98. The summed E-state index contributed by atoms with van der Waals surface area (Å²) in [6, 6.07) is 27.8. The normalized spacial score (nSPS) is 13.1. The minimum absolute atomic E-state index is 0.285. The van der Waals surface area contributed by atoms with E-state index in [4.69, 9.17) is 19.2 Å². The van der Waals surface area contributed by atoms with E-state index in [-0.39, 0.29) is 5.91 Å². The van der Waals surface area contributed by atoms with E-state index in [9.17, 15) is 9.59 Å². The monoisotopic (exact) mass is 645 g/mol. The number of carbonyl (C=O) groups excluding carboxylic acids is 2. The van der Waals surface area contributed by atoms with Gasteiger partial charge in [0, 0.05) is 54.5 Å². The quantitative estimate of drug-likeness (QED) is 0.137. The minimum Gasteiger partial charge on any atom is -0.492 e. The second-order valence-corrected chi connectivity index (χ2v) is 11.2. The number of anilines is 3. The van der Waals surface area contributed by atoms with Gasteiger partial charge in [-0.1, -0.05) is 54.6 Å². The lowest BCUT2D eigenvalue weighted by Crippen LogP contribution is -2.35. The number of rotatable bonds is 11. The van der Waals surface area contributed by atoms with Gasteiger partial charge in [-0.2, -0.15) is 0 Å². The molecule has 0 radical (unpaired) electrons. The van der Waals surface area contributed by atoms with Crippen molar-refractivity contribution in [3.05, 3.63) is 108 Å². The summed E-state index contributed by atoms with van der Waals surface area (Å²) in [5.41, 5.74) is 5.04. The van der Waals surface area contributed by atoms with E-state index >= 15 is 0 Å². The summed E-state index contributed by atoms with van der Waals surface area (Å²) in [6.07, 6.45) is 1.91. The molecule has 0 spiro atoms. The Hall–Kier alpha value is -5.45. The average molecular weight is 646 g/mol. The number of carbonyl (C=O) groups is 2. The van der Waals surface area contributed by atoms with Gasteiger partial charge in [-0.25, -0.2) is 4.79 Å². The van der Waals surface area contributed by atoms with Crippen molar-refractivity contribution in [1.82, 2.24) is 9.88 Å². The van der Waals surface area contributed by atoms with Gasteiger partial charge in [0.2, 0.25) is 0 Å². The Morgan fingerprint density at radius 2 is 1.40 bits per heavy atom. The van der Waals surface area contributed by atoms with Crippen LogP contribution in [-0.4, -0.2) is 61.3 Å². The standard InChI is InChI=1S/C38H39N5O5/c1-3-47-35-23-34(36(48-4-2)22-33(35)40-37(44)26-10-6-5-7-11-26)42-38(45)41-32-17-16-29(30-12-8-9-13-31(30)32)27-14-15-28(39-24-27)25-43-18-20-46-21-19-43/h5-17,22-24H,3-4,18-21,25H2,1-2H3,(H,40,44)(H2,41,42,45). The largest absolute Gasteiger partial charge is 0.492 e. The molecule has 0 atom stereocenters. The molecule has 1 aliphatic heterocycles. The molecule has 3 amide bonds. The lowest BCUT2D eigenvalue weighted by Gasteiger charge is -2.26. The van der Waals surface area contributed by atoms with Gasteiger partial charge in [0.05, 0.1) is 49.2 Å². The number of hydrogen-bond acceptors (Lipinski definition) is 7. The number of ether oxygens (including phenoxy) is 3. The number of hydrogen-bond donors (Lipinski definition) is 3. The van der Waals surface area contributed by atoms with Crippen LogP contribution in [0.5, 0.6) is 11.5 Å². The topological polar surface area (TPSA) is 114 Å². The molecule has 1 aliphatic rings. The molecule has 0 aliphatic carbocycles. The number of aromatic nitrogens is 1. The fourth-order valence-electron chi connectivity index (χ4n) is 5.69. The van der Waals surface area contributed by atoms with Crippen molar-refractivity contribution in [3.63, 3.8) is 0 Å². The van der Waals surface area contributed by atoms with Gasteiger partial charge in [0.25, 0.3) is 5.91 Å². The van der Waals surface area contributed by atoms with Gasteiger partial charge < -0.3 is 30.2 Å². The first kappa shape index (κ1) is 32.5. The van der Waals surface area contributed by atoms with Crippen LogP contribution in [0.1, 0.15) is 29.9 Å². The fraction of sp³-hybridized carbons (Fsp3) is 0.237. The van der Waals surface area contributed by atoms with Crippen LogP contribution in [-0.2, 0) is 11.3 Å². The van der Waals surface area contributed by atoms with Crippen molar-refractivity contribution in [2.45, 2.75) is 20.4 Å². The first-order valence-corrected chi connectivity index (χ1v) is 16.2. The first-order valence-electron chi connectivity index (χ1n) is 16.2. The zero-order valence-electron chi connectivity index (χ0n) is 27.1. The van der Waals surface area contributed by atoms with E-state index in [0.717, 1.165) is 60.4 Å². The molecule has 0 bridgehead atoms. The molecular weight excluding hydrogens is 606 g/mol. The highest BCUT2D eigenvalue weighted by atomic mass is 16.5. The highest BCUT2D eigenvalue weighted by Crippen LogP contribution is 2.38. The molecule has 1 aromatic heterocycles. The minimum atomic E-state index is -0.452. The average Bonchev–Trinajstić information content (AvgIpc) is 3.11. The molecule has 246 valence electrons. The highest BCUT2D eigenvalue weighted by Gasteiger charge is 2.18. The Morgan fingerprint density at radius 3 is 2.06 bits per heavy atom. The van der Waals surface area contributed by atoms with Crippen molar-refractivity contribution in [1.29, 1.82) is 0 Å². The third-order valence-corrected chi connectivity index (χ3v) is 8.01. The summed E-state index contributed by atoms with van der Waals surface area (Å²) in [7, 11) is 0. The summed E-state index contributed by atoms with van der Waals surface area (Å²) in [4.78, 5) is 33.5. The summed E-state index contributed by atoms with van der Waals surface area (Å²) in [5.74, 6) is 0.511. The van der Waals surface area contributed by atoms with Crippen LogP contribution in [0, 0.1) is 0 Å². The van der Waals surface area contributed by atoms with Crippen molar-refractivity contribution >= 4 is 39.8 Å². The number of benzene rings is 4. The van der Waals surface area contributed by atoms with E-state index in [0.29, 0.717) is 47.3 Å². The molecule has 48 heavy (non-hydrogen) atoms. The number of amides is 3. The van der Waals surface area contributed by atoms with Gasteiger partial charge in [-0.05, 0) is 49.1 Å². The Balaban J connectivity index is 1.21. The van der Waals surface area contributed by atoms with Crippen LogP contribution in [0.15, 0.2) is 97.2 Å². The zero-order chi connectivity index (χ0) is 33.3. The summed E-state index contributed by atoms with van der Waals surface area (Å²) >= 11 is 0. The second-order valence-electron chi connectivity index (χ2n) is 11.2. The molecule has 6 rings (SSSR count). The van der Waals surface area contributed by atoms with Crippen LogP contribution in [0.25, 0.3) is 21.9 Å². The van der Waals surface area contributed by atoms with Gasteiger partial charge in [-0.3, -0.25) is 14.7 Å². The molecule has 10 heteroatoms. The zero-order valence-corrected chi connectivity index (χ0v) is 27.1. The maximum atomic E-state index is 13.4. The second kappa shape index (κ2) is 15.4. The van der Waals surface area contributed by atoms with Crippen LogP contribution in [0.3, 0.4) is 0 Å². The van der Waals surface area contributed by atoms with E-state index in [2.05, 4.69) is 33.0 Å². The van der Waals surface area contributed by atoms with Crippen molar-refractivity contribution < 1.29 is 23.8 Å². The van der Waals surface area contributed by atoms with E-state index in [1.54, 1.807) is 36.4 Å². The fourth-order valence-corrected chi connectivity index (χ4v) is 5.69. The van der Waals surface area contributed by atoms with Crippen LogP contribution >= 0.6 is 0 Å². The predicted molar refractivity (Wildman–Crippen MR) is 189 cm³/mol. The van der Waals surface area contributed by atoms with Crippen LogP contribution in [0.4, 0.5) is 21.9 Å². The maximum absolute atomic E-state index is 13.4. The first-order chi connectivity index (χ1) is 23.5. The van der Waals surface area contributed by atoms with Crippen molar-refractivity contribution in [3.8, 4) is 22.6 Å². The number of pyridine rings is 1. The molecule has 10 nitrogen and oxygen atoms in total. The van der Waals surface area contributed by atoms with E-state index < -0.39 is 6.03 Å². The Labute approximate surface area is 280 Å². The Kier molecular flexibility index (Phi) is 10.4. The summed E-state index contributed by atoms with van der Waals surface area (Å²) in [5, 5.41) is 10.7. The number of fused-ring (bicyclic) bond motifs is 1. The number of urea groups is 1. The number of morpholine rings is 1. The molecule has 2 heterocycles. The van der Waals surface area contributed by atoms with Crippen molar-refractivity contribution in [2.75, 3.05) is 55.5 Å². The van der Waals surface area contributed by atoms with Gasteiger partial charge in [0.15, 0.2) is 0 Å². The van der Waals surface area contributed by atoms with E-state index in [1.807, 2.05) is 62.5 Å². The molecule has 4 aromatic carbocycles. The van der Waals surface area contributed by atoms with Gasteiger partial charge in [0.1, 0.15) is 11.5 Å². The highest BCUT2D eigenvalue weighted by molar-refractivity contribution is 6.10. The van der Waals surface area contributed by atoms with Gasteiger partial charge >= 0.3 is 6.03 Å². The van der Waals surface area contributed by atoms with Crippen LogP contribution < -0.4 is 25.4 Å². The molecular formula is C38H39N5O5. The molecule has 5 aromatic rings. The Bertz CT molecular complexity index is 1880. The Morgan fingerprint density at radius 1 is 0.750 bits per heavy atom. The molecule has 1 fully saturated rings. The maximum Gasteiger partial charge on any atom is 0.323 e.